The Kier molecular flexibility index (Phi) is 7.08. The van der Waals surface area contributed by atoms with Gasteiger partial charge in [-0.3, -0.25) is 9.59 Å². The zero-order valence-electron chi connectivity index (χ0n) is 13.5. The predicted octanol–water partition coefficient (Wildman–Crippen LogP) is 2.02. The zero-order valence-corrected chi connectivity index (χ0v) is 13.5. The molecule has 0 bridgehead atoms. The second kappa shape index (κ2) is 8.81. The van der Waals surface area contributed by atoms with E-state index in [4.69, 9.17) is 4.84 Å². The Morgan fingerprint density at radius 1 is 1.32 bits per heavy atom. The molecule has 1 rings (SSSR count). The SMILES string of the molecule is Cc1ccc(NC(=O)/C=N\OCC(=O)NCC(C)C)c(C)c1. The van der Waals surface area contributed by atoms with Gasteiger partial charge in [0.1, 0.15) is 6.21 Å². The highest BCUT2D eigenvalue weighted by atomic mass is 16.6. The average Bonchev–Trinajstić information content (AvgIpc) is 2.44. The second-order valence-electron chi connectivity index (χ2n) is 5.51. The number of hydrogen-bond donors (Lipinski definition) is 2. The minimum atomic E-state index is -0.408. The molecule has 0 aliphatic heterocycles. The molecule has 0 spiro atoms. The van der Waals surface area contributed by atoms with Crippen molar-refractivity contribution in [3.63, 3.8) is 0 Å². The molecule has 0 unspecified atom stereocenters. The van der Waals surface area contributed by atoms with E-state index in [9.17, 15) is 9.59 Å². The molecule has 0 radical (unpaired) electrons. The molecule has 0 aliphatic rings. The van der Waals surface area contributed by atoms with E-state index in [0.29, 0.717) is 12.5 Å². The summed E-state index contributed by atoms with van der Waals surface area (Å²) in [6.07, 6.45) is 1.01. The molecule has 0 fully saturated rings. The lowest BCUT2D eigenvalue weighted by atomic mass is 10.1. The smallest absolute Gasteiger partial charge is 0.270 e. The van der Waals surface area contributed by atoms with Gasteiger partial charge in [0, 0.05) is 12.2 Å². The molecular weight excluding hydrogens is 282 g/mol. The Hall–Kier alpha value is -2.37. The number of rotatable bonds is 7. The largest absolute Gasteiger partial charge is 0.386 e. The first kappa shape index (κ1) is 17.7. The number of oxime groups is 1. The van der Waals surface area contributed by atoms with Crippen molar-refractivity contribution < 1.29 is 14.4 Å². The van der Waals surface area contributed by atoms with Crippen LogP contribution >= 0.6 is 0 Å². The number of hydrogen-bond acceptors (Lipinski definition) is 4. The van der Waals surface area contributed by atoms with Crippen LogP contribution in [0.5, 0.6) is 0 Å². The van der Waals surface area contributed by atoms with E-state index in [2.05, 4.69) is 15.8 Å². The van der Waals surface area contributed by atoms with Gasteiger partial charge in [0.15, 0.2) is 6.61 Å². The summed E-state index contributed by atoms with van der Waals surface area (Å²) in [5.41, 5.74) is 2.81. The highest BCUT2D eigenvalue weighted by molar-refractivity contribution is 6.31. The number of amides is 2. The van der Waals surface area contributed by atoms with Gasteiger partial charge < -0.3 is 15.5 Å². The van der Waals surface area contributed by atoms with Crippen LogP contribution < -0.4 is 10.6 Å². The standard InChI is InChI=1S/C16H23N3O3/c1-11(2)8-17-16(21)10-22-18-9-15(20)19-14-6-5-12(3)7-13(14)4/h5-7,9,11H,8,10H2,1-4H3,(H,17,21)(H,19,20)/b18-9-. The molecule has 0 saturated heterocycles. The fourth-order valence-electron chi connectivity index (χ4n) is 1.67. The number of aryl methyl sites for hydroxylation is 2. The molecule has 6 heteroatoms. The van der Waals surface area contributed by atoms with Crippen LogP contribution in [0, 0.1) is 19.8 Å². The Labute approximate surface area is 130 Å². The lowest BCUT2D eigenvalue weighted by Gasteiger charge is -2.07. The van der Waals surface area contributed by atoms with E-state index in [1.165, 1.54) is 0 Å². The molecule has 2 amide bonds. The van der Waals surface area contributed by atoms with Crippen LogP contribution in [0.3, 0.4) is 0 Å². The van der Waals surface area contributed by atoms with Crippen LogP contribution in [0.25, 0.3) is 0 Å². The van der Waals surface area contributed by atoms with Crippen molar-refractivity contribution in [1.29, 1.82) is 0 Å². The minimum Gasteiger partial charge on any atom is -0.386 e. The molecule has 2 N–H and O–H groups in total. The molecule has 120 valence electrons. The quantitative estimate of drug-likeness (QED) is 0.597. The van der Waals surface area contributed by atoms with Crippen molar-refractivity contribution in [2.45, 2.75) is 27.7 Å². The van der Waals surface area contributed by atoms with E-state index in [-0.39, 0.29) is 12.5 Å². The summed E-state index contributed by atoms with van der Waals surface area (Å²) < 4.78 is 0. The summed E-state index contributed by atoms with van der Waals surface area (Å²) in [6, 6.07) is 5.72. The lowest BCUT2D eigenvalue weighted by molar-refractivity contribution is -0.126. The molecule has 0 heterocycles. The highest BCUT2D eigenvalue weighted by Crippen LogP contribution is 2.15. The van der Waals surface area contributed by atoms with E-state index in [1.54, 1.807) is 0 Å². The fourth-order valence-corrected chi connectivity index (χ4v) is 1.67. The highest BCUT2D eigenvalue weighted by Gasteiger charge is 2.04. The first-order chi connectivity index (χ1) is 10.4. The van der Waals surface area contributed by atoms with E-state index in [0.717, 1.165) is 23.0 Å². The van der Waals surface area contributed by atoms with Crippen LogP contribution in [0.1, 0.15) is 25.0 Å². The Morgan fingerprint density at radius 2 is 2.05 bits per heavy atom. The molecule has 0 atom stereocenters. The fraction of sp³-hybridized carbons (Fsp3) is 0.438. The third-order valence-corrected chi connectivity index (χ3v) is 2.79. The Morgan fingerprint density at radius 3 is 2.68 bits per heavy atom. The van der Waals surface area contributed by atoms with Gasteiger partial charge in [-0.2, -0.15) is 0 Å². The van der Waals surface area contributed by atoms with Crippen molar-refractivity contribution in [2.24, 2.45) is 11.1 Å². The number of nitrogens with one attached hydrogen (secondary N) is 2. The van der Waals surface area contributed by atoms with Gasteiger partial charge in [-0.25, -0.2) is 0 Å². The maximum Gasteiger partial charge on any atom is 0.270 e. The van der Waals surface area contributed by atoms with Crippen molar-refractivity contribution >= 4 is 23.7 Å². The Balaban J connectivity index is 2.34. The molecule has 0 saturated carbocycles. The Bertz CT molecular complexity index is 554. The van der Waals surface area contributed by atoms with Gasteiger partial charge in [0.25, 0.3) is 11.8 Å². The van der Waals surface area contributed by atoms with E-state index >= 15 is 0 Å². The first-order valence-corrected chi connectivity index (χ1v) is 7.18. The lowest BCUT2D eigenvalue weighted by Crippen LogP contribution is -2.30. The van der Waals surface area contributed by atoms with Crippen LogP contribution in [-0.2, 0) is 14.4 Å². The van der Waals surface area contributed by atoms with Gasteiger partial charge >= 0.3 is 0 Å². The first-order valence-electron chi connectivity index (χ1n) is 7.18. The van der Waals surface area contributed by atoms with Crippen LogP contribution in [-0.4, -0.2) is 31.2 Å². The van der Waals surface area contributed by atoms with Crippen molar-refractivity contribution in [2.75, 3.05) is 18.5 Å². The third kappa shape index (κ3) is 6.88. The maximum atomic E-state index is 11.7. The number of carbonyl (C=O) groups excluding carboxylic acids is 2. The summed E-state index contributed by atoms with van der Waals surface area (Å²) in [7, 11) is 0. The number of carbonyl (C=O) groups is 2. The minimum absolute atomic E-state index is 0.208. The van der Waals surface area contributed by atoms with Crippen LogP contribution in [0.4, 0.5) is 5.69 Å². The number of benzene rings is 1. The van der Waals surface area contributed by atoms with Gasteiger partial charge in [-0.15, -0.1) is 0 Å². The van der Waals surface area contributed by atoms with Crippen LogP contribution in [0.2, 0.25) is 0 Å². The summed E-state index contributed by atoms with van der Waals surface area (Å²) in [6.45, 7) is 8.26. The van der Waals surface area contributed by atoms with Crippen molar-refractivity contribution in [3.05, 3.63) is 29.3 Å². The number of nitrogens with zero attached hydrogens (tertiary/aromatic N) is 1. The monoisotopic (exact) mass is 305 g/mol. The molecule has 0 aromatic heterocycles. The van der Waals surface area contributed by atoms with Gasteiger partial charge in [0.2, 0.25) is 0 Å². The van der Waals surface area contributed by atoms with E-state index < -0.39 is 5.91 Å². The number of anilines is 1. The van der Waals surface area contributed by atoms with Crippen molar-refractivity contribution in [1.82, 2.24) is 5.32 Å². The van der Waals surface area contributed by atoms with Crippen molar-refractivity contribution in [3.8, 4) is 0 Å². The van der Waals surface area contributed by atoms with E-state index in [1.807, 2.05) is 45.9 Å². The third-order valence-electron chi connectivity index (χ3n) is 2.79. The maximum absolute atomic E-state index is 11.7. The molecule has 1 aromatic carbocycles. The van der Waals surface area contributed by atoms with Gasteiger partial charge in [0.05, 0.1) is 0 Å². The molecule has 0 aliphatic carbocycles. The van der Waals surface area contributed by atoms with Gasteiger partial charge in [-0.05, 0) is 31.4 Å². The van der Waals surface area contributed by atoms with Crippen LogP contribution in [0.15, 0.2) is 23.4 Å². The van der Waals surface area contributed by atoms with Gasteiger partial charge in [-0.1, -0.05) is 36.7 Å². The topological polar surface area (TPSA) is 79.8 Å². The summed E-state index contributed by atoms with van der Waals surface area (Å²) in [5.74, 6) is -0.300. The molecule has 22 heavy (non-hydrogen) atoms. The summed E-state index contributed by atoms with van der Waals surface area (Å²) in [4.78, 5) is 27.8. The summed E-state index contributed by atoms with van der Waals surface area (Å²) >= 11 is 0. The molecular formula is C16H23N3O3. The zero-order chi connectivity index (χ0) is 16.5. The predicted molar refractivity (Wildman–Crippen MR) is 86.8 cm³/mol. The molecule has 1 aromatic rings. The molecule has 6 nitrogen and oxygen atoms in total. The second-order valence-corrected chi connectivity index (χ2v) is 5.51. The summed E-state index contributed by atoms with van der Waals surface area (Å²) in [5, 5.41) is 8.87. The normalized spacial score (nSPS) is 10.8. The average molecular weight is 305 g/mol.